The van der Waals surface area contributed by atoms with Crippen LogP contribution in [0.1, 0.15) is 29.4 Å². The molecule has 1 aromatic heterocycles. The summed E-state index contributed by atoms with van der Waals surface area (Å²) in [6, 6.07) is 15.7. The highest BCUT2D eigenvalue weighted by Crippen LogP contribution is 2.19. The van der Waals surface area contributed by atoms with Crippen molar-refractivity contribution in [2.24, 2.45) is 0 Å². The zero-order valence-corrected chi connectivity index (χ0v) is 18.6. The van der Waals surface area contributed by atoms with Gasteiger partial charge >= 0.3 is 16.1 Å². The van der Waals surface area contributed by atoms with Gasteiger partial charge < -0.3 is 18.8 Å². The number of hydrogen-bond acceptors (Lipinski definition) is 5. The second kappa shape index (κ2) is 9.70. The standard InChI is InChI=1S/C23H26N2O5S/c1-4-31(27,28)30-21-11-8-19(9-12-21)15-25(16-22-6-5-13-29-22)23(26)24-20-10-7-17(2)18(3)14-20/h5-14H,4,15-16H2,1-3H3,(H,24,26). The summed E-state index contributed by atoms with van der Waals surface area (Å²) in [5, 5.41) is 2.93. The van der Waals surface area contributed by atoms with E-state index in [1.807, 2.05) is 38.1 Å². The van der Waals surface area contributed by atoms with Crippen LogP contribution in [0.3, 0.4) is 0 Å². The van der Waals surface area contributed by atoms with Crippen molar-refractivity contribution in [3.8, 4) is 5.75 Å². The number of benzene rings is 2. The second-order valence-electron chi connectivity index (χ2n) is 7.24. The summed E-state index contributed by atoms with van der Waals surface area (Å²) in [4.78, 5) is 14.6. The molecule has 0 fully saturated rings. The molecule has 3 rings (SSSR count). The summed E-state index contributed by atoms with van der Waals surface area (Å²) in [6.07, 6.45) is 1.56. The molecule has 31 heavy (non-hydrogen) atoms. The van der Waals surface area contributed by atoms with Gasteiger partial charge in [0.25, 0.3) is 0 Å². The van der Waals surface area contributed by atoms with E-state index in [2.05, 4.69) is 5.32 Å². The van der Waals surface area contributed by atoms with E-state index >= 15 is 0 Å². The molecule has 1 heterocycles. The highest BCUT2D eigenvalue weighted by molar-refractivity contribution is 7.87. The Morgan fingerprint density at radius 1 is 1.03 bits per heavy atom. The molecule has 0 atom stereocenters. The molecule has 0 saturated heterocycles. The van der Waals surface area contributed by atoms with Crippen molar-refractivity contribution in [2.45, 2.75) is 33.9 Å². The molecule has 0 aliphatic heterocycles. The minimum Gasteiger partial charge on any atom is -0.467 e. The average molecular weight is 443 g/mol. The molecule has 0 bridgehead atoms. The number of nitrogens with one attached hydrogen (secondary N) is 1. The molecule has 2 amide bonds. The van der Waals surface area contributed by atoms with Crippen LogP contribution in [0.25, 0.3) is 0 Å². The van der Waals surface area contributed by atoms with E-state index < -0.39 is 10.1 Å². The van der Waals surface area contributed by atoms with Gasteiger partial charge in [-0.05, 0) is 73.9 Å². The molecule has 8 heteroatoms. The predicted molar refractivity (Wildman–Crippen MR) is 119 cm³/mol. The number of amides is 2. The summed E-state index contributed by atoms with van der Waals surface area (Å²) >= 11 is 0. The fraction of sp³-hybridized carbons (Fsp3) is 0.261. The molecule has 0 saturated carbocycles. The SMILES string of the molecule is CCS(=O)(=O)Oc1ccc(CN(Cc2ccco2)C(=O)Nc2ccc(C)c(C)c2)cc1. The Kier molecular flexibility index (Phi) is 7.02. The third-order valence-electron chi connectivity index (χ3n) is 4.85. The smallest absolute Gasteiger partial charge is 0.322 e. The number of anilines is 1. The zero-order valence-electron chi connectivity index (χ0n) is 17.8. The minimum absolute atomic E-state index is 0.107. The fourth-order valence-electron chi connectivity index (χ4n) is 2.89. The van der Waals surface area contributed by atoms with Gasteiger partial charge in [0.05, 0.1) is 18.6 Å². The first-order chi connectivity index (χ1) is 14.8. The summed E-state index contributed by atoms with van der Waals surface area (Å²) in [5.74, 6) is 0.789. The predicted octanol–water partition coefficient (Wildman–Crippen LogP) is 4.86. The Morgan fingerprint density at radius 3 is 2.39 bits per heavy atom. The third kappa shape index (κ3) is 6.36. The topological polar surface area (TPSA) is 88.9 Å². The molecular formula is C23H26N2O5S. The Bertz CT molecular complexity index is 1120. The van der Waals surface area contributed by atoms with Gasteiger partial charge in [-0.2, -0.15) is 8.42 Å². The van der Waals surface area contributed by atoms with Crippen molar-refractivity contribution in [1.29, 1.82) is 0 Å². The summed E-state index contributed by atoms with van der Waals surface area (Å²) < 4.78 is 33.7. The molecule has 0 aliphatic carbocycles. The van der Waals surface area contributed by atoms with E-state index in [1.165, 1.54) is 6.92 Å². The van der Waals surface area contributed by atoms with E-state index in [0.29, 0.717) is 18.0 Å². The van der Waals surface area contributed by atoms with E-state index in [4.69, 9.17) is 8.60 Å². The monoisotopic (exact) mass is 442 g/mol. The number of carbonyl (C=O) groups excluding carboxylic acids is 1. The van der Waals surface area contributed by atoms with Crippen LogP contribution in [0, 0.1) is 13.8 Å². The summed E-state index contributed by atoms with van der Waals surface area (Å²) in [7, 11) is -3.58. The maximum Gasteiger partial charge on any atom is 0.322 e. The Hall–Kier alpha value is -3.26. The highest BCUT2D eigenvalue weighted by atomic mass is 32.2. The van der Waals surface area contributed by atoms with Crippen LogP contribution in [-0.2, 0) is 23.2 Å². The van der Waals surface area contributed by atoms with Gasteiger partial charge in [0.2, 0.25) is 0 Å². The molecule has 7 nitrogen and oxygen atoms in total. The first kappa shape index (κ1) is 22.4. The molecule has 2 aromatic carbocycles. The maximum absolute atomic E-state index is 13.0. The molecule has 3 aromatic rings. The van der Waals surface area contributed by atoms with Gasteiger partial charge in [-0.25, -0.2) is 4.79 Å². The molecule has 0 spiro atoms. The third-order valence-corrected chi connectivity index (χ3v) is 6.00. The number of aryl methyl sites for hydroxylation is 2. The van der Waals surface area contributed by atoms with Crippen LogP contribution in [0.5, 0.6) is 5.75 Å². The normalized spacial score (nSPS) is 11.2. The number of nitrogens with zero attached hydrogens (tertiary/aromatic N) is 1. The number of urea groups is 1. The molecule has 0 aliphatic rings. The van der Waals surface area contributed by atoms with E-state index in [0.717, 1.165) is 16.7 Å². The molecule has 164 valence electrons. The molecular weight excluding hydrogens is 416 g/mol. The lowest BCUT2D eigenvalue weighted by Gasteiger charge is -2.23. The van der Waals surface area contributed by atoms with E-state index in [9.17, 15) is 13.2 Å². The van der Waals surface area contributed by atoms with Crippen LogP contribution in [0.2, 0.25) is 0 Å². The fourth-order valence-corrected chi connectivity index (χ4v) is 3.41. The average Bonchev–Trinajstić information content (AvgIpc) is 3.24. The lowest BCUT2D eigenvalue weighted by Crippen LogP contribution is -2.34. The van der Waals surface area contributed by atoms with Crippen LogP contribution >= 0.6 is 0 Å². The van der Waals surface area contributed by atoms with Crippen LogP contribution < -0.4 is 9.50 Å². The Balaban J connectivity index is 1.75. The lowest BCUT2D eigenvalue weighted by atomic mass is 10.1. The van der Waals surface area contributed by atoms with Crippen molar-refractivity contribution < 1.29 is 21.8 Å². The van der Waals surface area contributed by atoms with Gasteiger partial charge in [-0.3, -0.25) is 0 Å². The molecule has 1 N–H and O–H groups in total. The number of rotatable bonds is 8. The van der Waals surface area contributed by atoms with Crippen molar-refractivity contribution in [3.63, 3.8) is 0 Å². The van der Waals surface area contributed by atoms with Crippen molar-refractivity contribution in [1.82, 2.24) is 4.90 Å². The highest BCUT2D eigenvalue weighted by Gasteiger charge is 2.17. The lowest BCUT2D eigenvalue weighted by molar-refractivity contribution is 0.201. The zero-order chi connectivity index (χ0) is 22.4. The van der Waals surface area contributed by atoms with Crippen LogP contribution in [0.4, 0.5) is 10.5 Å². The molecule has 0 radical (unpaired) electrons. The number of carbonyl (C=O) groups is 1. The summed E-state index contributed by atoms with van der Waals surface area (Å²) in [6.45, 7) is 6.12. The molecule has 0 unspecified atom stereocenters. The van der Waals surface area contributed by atoms with Crippen LogP contribution in [-0.4, -0.2) is 25.1 Å². The Morgan fingerprint density at radius 2 is 1.77 bits per heavy atom. The van der Waals surface area contributed by atoms with Gasteiger partial charge in [-0.15, -0.1) is 0 Å². The first-order valence-corrected chi connectivity index (χ1v) is 11.5. The van der Waals surface area contributed by atoms with Crippen LogP contribution in [0.15, 0.2) is 65.3 Å². The largest absolute Gasteiger partial charge is 0.467 e. The number of hydrogen-bond donors (Lipinski definition) is 1. The van der Waals surface area contributed by atoms with Crippen molar-refractivity contribution in [2.75, 3.05) is 11.1 Å². The minimum atomic E-state index is -3.58. The Labute approximate surface area is 182 Å². The van der Waals surface area contributed by atoms with Gasteiger partial charge in [0, 0.05) is 12.2 Å². The van der Waals surface area contributed by atoms with Crippen molar-refractivity contribution in [3.05, 3.63) is 83.3 Å². The summed E-state index contributed by atoms with van der Waals surface area (Å²) in [5.41, 5.74) is 3.78. The van der Waals surface area contributed by atoms with Gasteiger partial charge in [-0.1, -0.05) is 18.2 Å². The second-order valence-corrected chi connectivity index (χ2v) is 9.10. The van der Waals surface area contributed by atoms with Gasteiger partial charge in [0.1, 0.15) is 11.5 Å². The van der Waals surface area contributed by atoms with Gasteiger partial charge in [0.15, 0.2) is 0 Å². The number of furan rings is 1. The van der Waals surface area contributed by atoms with E-state index in [-0.39, 0.29) is 24.1 Å². The maximum atomic E-state index is 13.0. The van der Waals surface area contributed by atoms with Crippen molar-refractivity contribution >= 4 is 21.8 Å². The quantitative estimate of drug-likeness (QED) is 0.503. The van der Waals surface area contributed by atoms with E-state index in [1.54, 1.807) is 41.5 Å². The first-order valence-electron chi connectivity index (χ1n) is 9.92.